The molecule has 17 heavy (non-hydrogen) atoms. The zero-order valence-corrected chi connectivity index (χ0v) is 10.7. The second kappa shape index (κ2) is 5.79. The van der Waals surface area contributed by atoms with E-state index in [1.807, 2.05) is 0 Å². The van der Waals surface area contributed by atoms with Gasteiger partial charge in [0, 0.05) is 19.0 Å². The Morgan fingerprint density at radius 1 is 1.53 bits per heavy atom. The number of aliphatic hydroxyl groups excluding tert-OH is 1. The van der Waals surface area contributed by atoms with E-state index in [9.17, 15) is 18.3 Å². The monoisotopic (exact) mass is 265 g/mol. The van der Waals surface area contributed by atoms with E-state index in [-0.39, 0.29) is 30.4 Å². The molecule has 0 saturated carbocycles. The number of rotatable bonds is 6. The summed E-state index contributed by atoms with van der Waals surface area (Å²) in [6.07, 6.45) is -0.0129. The summed E-state index contributed by atoms with van der Waals surface area (Å²) in [4.78, 5) is 12.1. The predicted octanol–water partition coefficient (Wildman–Crippen LogP) is -0.669. The number of sulfone groups is 1. The van der Waals surface area contributed by atoms with Gasteiger partial charge in [0.1, 0.15) is 0 Å². The summed E-state index contributed by atoms with van der Waals surface area (Å²) in [7, 11) is -1.16. The third-order valence-corrected chi connectivity index (χ3v) is 4.77. The highest BCUT2D eigenvalue weighted by Crippen LogP contribution is 2.17. The van der Waals surface area contributed by atoms with Crippen LogP contribution in [0.1, 0.15) is 19.3 Å². The summed E-state index contributed by atoms with van der Waals surface area (Å²) in [5, 5.41) is 18.1. The molecule has 0 spiro atoms. The Kier molecular flexibility index (Phi) is 4.91. The van der Waals surface area contributed by atoms with Crippen LogP contribution in [-0.4, -0.2) is 66.7 Å². The molecular weight excluding hydrogens is 246 g/mol. The molecule has 1 saturated heterocycles. The van der Waals surface area contributed by atoms with Crippen LogP contribution >= 0.6 is 0 Å². The fourth-order valence-electron chi connectivity index (χ4n) is 1.99. The molecule has 1 aliphatic heterocycles. The number of hydrogen-bond acceptors (Lipinski definition) is 5. The van der Waals surface area contributed by atoms with Gasteiger partial charge in [-0.2, -0.15) is 0 Å². The van der Waals surface area contributed by atoms with Crippen LogP contribution < -0.4 is 0 Å². The summed E-state index contributed by atoms with van der Waals surface area (Å²) in [6, 6.07) is -0.0560. The molecule has 2 unspecified atom stereocenters. The molecule has 2 N–H and O–H groups in total. The summed E-state index contributed by atoms with van der Waals surface area (Å²) in [6.45, 7) is 0.313. The van der Waals surface area contributed by atoms with Crippen molar-refractivity contribution in [3.05, 3.63) is 0 Å². The molecule has 1 rings (SSSR count). The van der Waals surface area contributed by atoms with E-state index in [1.54, 1.807) is 11.9 Å². The van der Waals surface area contributed by atoms with E-state index >= 15 is 0 Å². The molecule has 7 heteroatoms. The first-order chi connectivity index (χ1) is 7.80. The fraction of sp³-hybridized carbons (Fsp3) is 0.900. The van der Waals surface area contributed by atoms with Crippen molar-refractivity contribution in [3.8, 4) is 0 Å². The highest BCUT2D eigenvalue weighted by atomic mass is 32.2. The minimum absolute atomic E-state index is 0.0560. The van der Waals surface area contributed by atoms with Crippen LogP contribution in [0.25, 0.3) is 0 Å². The molecule has 0 aromatic rings. The van der Waals surface area contributed by atoms with Gasteiger partial charge in [0.05, 0.1) is 17.6 Å². The van der Waals surface area contributed by atoms with Crippen LogP contribution in [0.5, 0.6) is 0 Å². The highest BCUT2D eigenvalue weighted by molar-refractivity contribution is 7.91. The van der Waals surface area contributed by atoms with E-state index in [0.717, 1.165) is 0 Å². The zero-order chi connectivity index (χ0) is 13.1. The van der Waals surface area contributed by atoms with Gasteiger partial charge >= 0.3 is 5.97 Å². The SMILES string of the molecule is CN(CC(O)CCC(=O)O)C1CCS(=O)(=O)C1. The van der Waals surface area contributed by atoms with Gasteiger partial charge in [-0.1, -0.05) is 0 Å². The summed E-state index contributed by atoms with van der Waals surface area (Å²) in [5.41, 5.74) is 0. The lowest BCUT2D eigenvalue weighted by Crippen LogP contribution is -2.38. The maximum Gasteiger partial charge on any atom is 0.303 e. The largest absolute Gasteiger partial charge is 0.481 e. The smallest absolute Gasteiger partial charge is 0.303 e. The number of carboxylic acids is 1. The summed E-state index contributed by atoms with van der Waals surface area (Å²) >= 11 is 0. The zero-order valence-electron chi connectivity index (χ0n) is 9.87. The Labute approximate surface area is 101 Å². The number of hydrogen-bond donors (Lipinski definition) is 2. The Hall–Kier alpha value is -0.660. The lowest BCUT2D eigenvalue weighted by molar-refractivity contribution is -0.137. The van der Waals surface area contributed by atoms with Gasteiger partial charge in [0.25, 0.3) is 0 Å². The number of likely N-dealkylation sites (N-methyl/N-ethyl adjacent to an activating group) is 1. The van der Waals surface area contributed by atoms with Crippen LogP contribution in [0.3, 0.4) is 0 Å². The average molecular weight is 265 g/mol. The number of aliphatic carboxylic acids is 1. The number of aliphatic hydroxyl groups is 1. The fourth-order valence-corrected chi connectivity index (χ4v) is 3.79. The molecular formula is C10H19NO5S. The molecule has 1 aliphatic rings. The van der Waals surface area contributed by atoms with Crippen LogP contribution in [0.4, 0.5) is 0 Å². The van der Waals surface area contributed by atoms with Crippen LogP contribution in [0, 0.1) is 0 Å². The predicted molar refractivity (Wildman–Crippen MR) is 62.6 cm³/mol. The number of carboxylic acid groups (broad SMARTS) is 1. The van der Waals surface area contributed by atoms with E-state index in [0.29, 0.717) is 13.0 Å². The van der Waals surface area contributed by atoms with Crippen LogP contribution in [0.2, 0.25) is 0 Å². The van der Waals surface area contributed by atoms with Crippen molar-refractivity contribution in [2.24, 2.45) is 0 Å². The van der Waals surface area contributed by atoms with Gasteiger partial charge in [-0.15, -0.1) is 0 Å². The maximum absolute atomic E-state index is 11.3. The third-order valence-electron chi connectivity index (χ3n) is 3.02. The first-order valence-electron chi connectivity index (χ1n) is 5.60. The summed E-state index contributed by atoms with van der Waals surface area (Å²) < 4.78 is 22.6. The number of carbonyl (C=O) groups is 1. The first-order valence-corrected chi connectivity index (χ1v) is 7.43. The lowest BCUT2D eigenvalue weighted by atomic mass is 10.1. The van der Waals surface area contributed by atoms with Crippen molar-refractivity contribution < 1.29 is 23.4 Å². The van der Waals surface area contributed by atoms with E-state index < -0.39 is 21.9 Å². The molecule has 1 heterocycles. The van der Waals surface area contributed by atoms with Crippen LogP contribution in [0.15, 0.2) is 0 Å². The van der Waals surface area contributed by atoms with Gasteiger partial charge in [-0.05, 0) is 19.9 Å². The number of nitrogens with zero attached hydrogens (tertiary/aromatic N) is 1. The minimum Gasteiger partial charge on any atom is -0.481 e. The Balaban J connectivity index is 2.34. The van der Waals surface area contributed by atoms with Gasteiger partial charge in [0.15, 0.2) is 9.84 Å². The van der Waals surface area contributed by atoms with Crippen molar-refractivity contribution >= 4 is 15.8 Å². The van der Waals surface area contributed by atoms with Crippen molar-refractivity contribution in [2.45, 2.75) is 31.4 Å². The second-order valence-corrected chi connectivity index (χ2v) is 6.81. The molecule has 6 nitrogen and oxygen atoms in total. The van der Waals surface area contributed by atoms with E-state index in [2.05, 4.69) is 0 Å². The van der Waals surface area contributed by atoms with Gasteiger partial charge in [-0.3, -0.25) is 9.69 Å². The van der Waals surface area contributed by atoms with Crippen molar-refractivity contribution in [3.63, 3.8) is 0 Å². The minimum atomic E-state index is -2.92. The topological polar surface area (TPSA) is 94.9 Å². The van der Waals surface area contributed by atoms with E-state index in [4.69, 9.17) is 5.11 Å². The second-order valence-electron chi connectivity index (χ2n) is 4.58. The van der Waals surface area contributed by atoms with E-state index in [1.165, 1.54) is 0 Å². The lowest BCUT2D eigenvalue weighted by Gasteiger charge is -2.25. The van der Waals surface area contributed by atoms with Crippen molar-refractivity contribution in [1.82, 2.24) is 4.90 Å². The Bertz CT molecular complexity index is 367. The standard InChI is InChI=1S/C10H19NO5S/c1-11(6-9(12)2-3-10(13)14)8-4-5-17(15,16)7-8/h8-9,12H,2-7H2,1H3,(H,13,14). The average Bonchev–Trinajstić information content (AvgIpc) is 2.56. The molecule has 1 fully saturated rings. The summed E-state index contributed by atoms with van der Waals surface area (Å²) in [5.74, 6) is -0.599. The molecule has 2 atom stereocenters. The van der Waals surface area contributed by atoms with Gasteiger partial charge in [-0.25, -0.2) is 8.42 Å². The molecule has 0 amide bonds. The maximum atomic E-state index is 11.3. The Morgan fingerprint density at radius 3 is 2.65 bits per heavy atom. The third kappa shape index (κ3) is 5.01. The Morgan fingerprint density at radius 2 is 2.18 bits per heavy atom. The quantitative estimate of drug-likeness (QED) is 0.661. The van der Waals surface area contributed by atoms with Crippen molar-refractivity contribution in [2.75, 3.05) is 25.1 Å². The highest BCUT2D eigenvalue weighted by Gasteiger charge is 2.31. The van der Waals surface area contributed by atoms with Gasteiger partial charge < -0.3 is 10.2 Å². The molecule has 0 aromatic carbocycles. The molecule has 0 aliphatic carbocycles. The van der Waals surface area contributed by atoms with Gasteiger partial charge in [0.2, 0.25) is 0 Å². The molecule has 0 radical (unpaired) electrons. The molecule has 100 valence electrons. The van der Waals surface area contributed by atoms with Crippen LogP contribution in [-0.2, 0) is 14.6 Å². The van der Waals surface area contributed by atoms with Crippen molar-refractivity contribution in [1.29, 1.82) is 0 Å². The molecule has 0 aromatic heterocycles. The first kappa shape index (κ1) is 14.4. The molecule has 0 bridgehead atoms. The normalized spacial score (nSPS) is 25.0.